The molecule has 0 saturated carbocycles. The maximum atomic E-state index is 6.76. The molecule has 5 aromatic heterocycles. The zero-order valence-electron chi connectivity index (χ0n) is 31.3. The van der Waals surface area contributed by atoms with Crippen molar-refractivity contribution in [3.63, 3.8) is 0 Å². The molecule has 0 saturated heterocycles. The monoisotopic (exact) mass is 731 g/mol. The number of allylic oxidation sites excluding steroid dienone is 1. The Balaban J connectivity index is 1.12. The van der Waals surface area contributed by atoms with E-state index in [9.17, 15) is 0 Å². The van der Waals surface area contributed by atoms with Gasteiger partial charge in [-0.3, -0.25) is 0 Å². The molecule has 7 heterocycles. The first-order valence-electron chi connectivity index (χ1n) is 20.1. The molecular weight excluding hydrogens is 695 g/mol. The molecule has 0 bridgehead atoms. The van der Waals surface area contributed by atoms with Crippen molar-refractivity contribution in [3.8, 4) is 33.6 Å². The van der Waals surface area contributed by atoms with Crippen molar-refractivity contribution in [1.29, 1.82) is 0 Å². The first-order chi connectivity index (χ1) is 28.2. The molecule has 0 N–H and O–H groups in total. The molecule has 57 heavy (non-hydrogen) atoms. The van der Waals surface area contributed by atoms with Crippen molar-refractivity contribution in [2.75, 3.05) is 0 Å². The molecule has 2 aliphatic rings. The molecule has 11 aromatic rings. The number of hydrogen-bond donors (Lipinski definition) is 0. The molecule has 0 radical (unpaired) electrons. The van der Waals surface area contributed by atoms with E-state index in [1.807, 2.05) is 0 Å². The number of furan rings is 1. The fourth-order valence-corrected chi connectivity index (χ4v) is 10.7. The predicted molar refractivity (Wildman–Crippen MR) is 232 cm³/mol. The number of fused-ring (bicyclic) bond motifs is 19. The van der Waals surface area contributed by atoms with Gasteiger partial charge in [0.1, 0.15) is 11.2 Å². The smallest absolute Gasteiger partial charge is 0.218 e. The highest BCUT2D eigenvalue weighted by Crippen LogP contribution is 2.48. The van der Waals surface area contributed by atoms with Crippen LogP contribution in [0.3, 0.4) is 0 Å². The van der Waals surface area contributed by atoms with Gasteiger partial charge in [-0.25, -0.2) is 0 Å². The van der Waals surface area contributed by atoms with Crippen molar-refractivity contribution in [3.05, 3.63) is 182 Å². The number of hydrogen-bond acceptors (Lipinski definition) is 1. The Hall–Kier alpha value is -7.04. The molecule has 0 aliphatic carbocycles. The van der Waals surface area contributed by atoms with E-state index in [2.05, 4.69) is 178 Å². The van der Waals surface area contributed by atoms with Gasteiger partial charge in [0.2, 0.25) is 11.4 Å². The quantitative estimate of drug-likeness (QED) is 0.154. The summed E-state index contributed by atoms with van der Waals surface area (Å²) in [6.45, 7) is 4.81. The van der Waals surface area contributed by atoms with Crippen molar-refractivity contribution >= 4 is 65.7 Å². The topological polar surface area (TPSA) is 25.3 Å². The summed E-state index contributed by atoms with van der Waals surface area (Å²) in [6.07, 6.45) is 7.33. The average Bonchev–Trinajstić information content (AvgIpc) is 3.92. The van der Waals surface area contributed by atoms with E-state index in [0.29, 0.717) is 5.92 Å². The molecule has 6 aromatic carbocycles. The second-order valence-corrected chi connectivity index (χ2v) is 16.1. The maximum absolute atomic E-state index is 6.76. The Bertz CT molecular complexity index is 3480. The van der Waals surface area contributed by atoms with E-state index < -0.39 is 0 Å². The third-order valence-electron chi connectivity index (χ3n) is 13.2. The van der Waals surface area contributed by atoms with Crippen molar-refractivity contribution in [1.82, 2.24) is 4.40 Å². The number of aromatic nitrogens is 3. The van der Waals surface area contributed by atoms with Crippen LogP contribution >= 0.6 is 0 Å². The van der Waals surface area contributed by atoms with Crippen molar-refractivity contribution in [2.24, 2.45) is 0 Å². The minimum Gasteiger partial charge on any atom is -0.455 e. The van der Waals surface area contributed by atoms with Crippen molar-refractivity contribution in [2.45, 2.75) is 31.2 Å². The second-order valence-electron chi connectivity index (χ2n) is 16.1. The van der Waals surface area contributed by atoms with E-state index in [1.54, 1.807) is 0 Å². The third kappa shape index (κ3) is 4.27. The van der Waals surface area contributed by atoms with Crippen LogP contribution in [0.1, 0.15) is 35.9 Å². The van der Waals surface area contributed by atoms with E-state index in [4.69, 9.17) is 11.0 Å². The normalized spacial score (nSPS) is 16.6. The van der Waals surface area contributed by atoms with Crippen molar-refractivity contribution < 1.29 is 13.6 Å². The van der Waals surface area contributed by atoms with Gasteiger partial charge in [0, 0.05) is 62.7 Å². The Labute approximate surface area is 329 Å². The molecule has 0 fully saturated rings. The van der Waals surface area contributed by atoms with Crippen LogP contribution in [0, 0.1) is 0 Å². The highest BCUT2D eigenvalue weighted by molar-refractivity contribution is 6.30. The third-order valence-corrected chi connectivity index (χ3v) is 13.2. The highest BCUT2D eigenvalue weighted by atomic mass is 16.3. The zero-order chi connectivity index (χ0) is 37.4. The summed E-state index contributed by atoms with van der Waals surface area (Å²) < 4.78 is 14.2. The van der Waals surface area contributed by atoms with E-state index in [1.165, 1.54) is 82.9 Å². The highest BCUT2D eigenvalue weighted by Gasteiger charge is 2.42. The van der Waals surface area contributed by atoms with Crippen LogP contribution in [-0.2, 0) is 6.42 Å². The fourth-order valence-electron chi connectivity index (χ4n) is 10.7. The average molecular weight is 732 g/mol. The minimum absolute atomic E-state index is 0.250. The zero-order valence-corrected chi connectivity index (χ0v) is 31.3. The van der Waals surface area contributed by atoms with Crippen LogP contribution in [0.25, 0.3) is 99.4 Å². The van der Waals surface area contributed by atoms with E-state index >= 15 is 0 Å². The summed E-state index contributed by atoms with van der Waals surface area (Å²) in [5.74, 6) is 0.330. The summed E-state index contributed by atoms with van der Waals surface area (Å²) in [4.78, 5) is 0. The SMILES string of the molecule is C=C1CC2C(CCc3cc4c(cc3-c3cccc[n+]31)c1cc(-c3ccccc3)cc3c5c6oc7ccccc7c6ccc5n4c13)c1ccccc1-c1cccc[n+]12. The predicted octanol–water partition coefficient (Wildman–Crippen LogP) is 12.5. The molecule has 4 nitrogen and oxygen atoms in total. The van der Waals surface area contributed by atoms with Crippen LogP contribution in [0.5, 0.6) is 0 Å². The lowest BCUT2D eigenvalue weighted by Gasteiger charge is -2.31. The standard InChI is InChI=1S/C53H37N3O/c1-32-27-48-38(36-15-5-6-16-37(36)45-18-10-12-26-55(45)48)22-21-34-30-49-42(31-41(34)46-19-9-11-25-54(32)46)43-28-35(33-13-3-2-4-14-33)29-44-51-47(56(49)52(43)44)24-23-40-39-17-7-8-20-50(39)57-53(40)51/h2-20,23-26,28-31,38,48H,1,21-22,27H2/q+2. The molecule has 268 valence electrons. The summed E-state index contributed by atoms with van der Waals surface area (Å²) in [7, 11) is 0. The van der Waals surface area contributed by atoms with Crippen LogP contribution < -0.4 is 9.13 Å². The minimum atomic E-state index is 0.250. The second kappa shape index (κ2) is 11.5. The van der Waals surface area contributed by atoms with Gasteiger partial charge in [0.05, 0.1) is 33.9 Å². The summed E-state index contributed by atoms with van der Waals surface area (Å²) in [6, 6.07) is 56.2. The molecule has 4 heteroatoms. The van der Waals surface area contributed by atoms with E-state index in [0.717, 1.165) is 46.9 Å². The molecule has 0 amide bonds. The lowest BCUT2D eigenvalue weighted by molar-refractivity contribution is -0.720. The van der Waals surface area contributed by atoms with Gasteiger partial charge in [0.15, 0.2) is 24.1 Å². The van der Waals surface area contributed by atoms with Gasteiger partial charge in [-0.1, -0.05) is 66.7 Å². The van der Waals surface area contributed by atoms with Gasteiger partial charge in [-0.15, -0.1) is 0 Å². The van der Waals surface area contributed by atoms with Crippen LogP contribution in [-0.4, -0.2) is 4.40 Å². The molecule has 2 atom stereocenters. The first-order valence-corrected chi connectivity index (χ1v) is 20.1. The number of aryl methyl sites for hydroxylation is 1. The lowest BCUT2D eigenvalue weighted by Crippen LogP contribution is -2.49. The van der Waals surface area contributed by atoms with Gasteiger partial charge < -0.3 is 8.82 Å². The summed E-state index contributed by atoms with van der Waals surface area (Å²) in [5.41, 5.74) is 17.0. The Morgan fingerprint density at radius 1 is 0.596 bits per heavy atom. The Kier molecular flexibility index (Phi) is 6.29. The summed E-state index contributed by atoms with van der Waals surface area (Å²) >= 11 is 0. The Morgan fingerprint density at radius 3 is 2.32 bits per heavy atom. The molecule has 2 aliphatic heterocycles. The number of benzene rings is 6. The Morgan fingerprint density at radius 2 is 1.39 bits per heavy atom. The molecule has 13 rings (SSSR count). The van der Waals surface area contributed by atoms with Gasteiger partial charge in [0.25, 0.3) is 0 Å². The number of pyridine rings is 2. The van der Waals surface area contributed by atoms with Gasteiger partial charge >= 0.3 is 0 Å². The maximum Gasteiger partial charge on any atom is 0.218 e. The van der Waals surface area contributed by atoms with Crippen LogP contribution in [0.4, 0.5) is 0 Å². The molecule has 0 spiro atoms. The fraction of sp³-hybridized carbons (Fsp3) is 0.0943. The number of para-hydroxylation sites is 1. The lowest BCUT2D eigenvalue weighted by atomic mass is 9.77. The number of rotatable bonds is 1. The van der Waals surface area contributed by atoms with Gasteiger partial charge in [-0.2, -0.15) is 9.13 Å². The molecular formula is C53H37N3O+2. The van der Waals surface area contributed by atoms with Crippen LogP contribution in [0.15, 0.2) is 175 Å². The largest absolute Gasteiger partial charge is 0.455 e. The number of nitrogens with zero attached hydrogens (tertiary/aromatic N) is 3. The molecule has 2 unspecified atom stereocenters. The first kappa shape index (κ1) is 31.2. The van der Waals surface area contributed by atoms with E-state index in [-0.39, 0.29) is 6.04 Å². The van der Waals surface area contributed by atoms with Crippen LogP contribution in [0.2, 0.25) is 0 Å². The summed E-state index contributed by atoms with van der Waals surface area (Å²) in [5, 5.41) is 7.24. The van der Waals surface area contributed by atoms with Gasteiger partial charge in [-0.05, 0) is 102 Å².